The van der Waals surface area contributed by atoms with Crippen molar-refractivity contribution in [3.05, 3.63) is 39.2 Å². The van der Waals surface area contributed by atoms with Crippen LogP contribution in [0.15, 0.2) is 17.5 Å². The highest BCUT2D eigenvalue weighted by molar-refractivity contribution is 7.09. The van der Waals surface area contributed by atoms with Gasteiger partial charge in [0, 0.05) is 17.3 Å². The van der Waals surface area contributed by atoms with Gasteiger partial charge >= 0.3 is 0 Å². The molecule has 0 aliphatic heterocycles. The molecule has 5 nitrogen and oxygen atoms in total. The van der Waals surface area contributed by atoms with Crippen LogP contribution in [0.4, 0.5) is 10.2 Å². The lowest BCUT2D eigenvalue weighted by Crippen LogP contribution is -2.22. The first-order chi connectivity index (χ1) is 11.1. The fourth-order valence-corrected chi connectivity index (χ4v) is 3.15. The summed E-state index contributed by atoms with van der Waals surface area (Å²) in [5.41, 5.74) is 6.74. The summed E-state index contributed by atoms with van der Waals surface area (Å²) in [7, 11) is 0. The van der Waals surface area contributed by atoms with Gasteiger partial charge < -0.3 is 16.0 Å². The molecule has 0 aliphatic rings. The molecule has 0 amide bonds. The number of thiophene rings is 1. The van der Waals surface area contributed by atoms with E-state index in [0.29, 0.717) is 35.5 Å². The van der Waals surface area contributed by atoms with Crippen LogP contribution in [-0.2, 0) is 13.0 Å². The summed E-state index contributed by atoms with van der Waals surface area (Å²) in [5.74, 6) is 0.0210. The van der Waals surface area contributed by atoms with Crippen LogP contribution in [0.3, 0.4) is 0 Å². The van der Waals surface area contributed by atoms with Crippen molar-refractivity contribution in [2.45, 2.75) is 32.4 Å². The Morgan fingerprint density at radius 2 is 2.30 bits per heavy atom. The predicted octanol–water partition coefficient (Wildman–Crippen LogP) is 3.70. The molecular weight excluding hydrogens is 337 g/mol. The van der Waals surface area contributed by atoms with E-state index in [-0.39, 0.29) is 17.1 Å². The number of fused-ring (bicyclic) bond motifs is 1. The summed E-state index contributed by atoms with van der Waals surface area (Å²) in [4.78, 5) is 12.3. The predicted molar refractivity (Wildman–Crippen MR) is 92.5 cm³/mol. The van der Waals surface area contributed by atoms with Crippen molar-refractivity contribution in [3.8, 4) is 0 Å². The molecule has 3 rings (SSSR count). The van der Waals surface area contributed by atoms with Gasteiger partial charge in [-0.15, -0.1) is 11.3 Å². The zero-order chi connectivity index (χ0) is 16.4. The number of halogens is 2. The number of anilines is 1. The van der Waals surface area contributed by atoms with E-state index in [0.717, 1.165) is 11.3 Å². The van der Waals surface area contributed by atoms with Crippen molar-refractivity contribution in [3.63, 3.8) is 0 Å². The largest absolute Gasteiger partial charge is 0.364 e. The number of hydrogen-bond acceptors (Lipinski definition) is 5. The van der Waals surface area contributed by atoms with Gasteiger partial charge in [0.15, 0.2) is 5.82 Å². The summed E-state index contributed by atoms with van der Waals surface area (Å²) in [6, 6.07) is 3.85. The lowest BCUT2D eigenvalue weighted by molar-refractivity contribution is 0.581. The molecule has 0 unspecified atom stereocenters. The summed E-state index contributed by atoms with van der Waals surface area (Å²) < 4.78 is 14.7. The van der Waals surface area contributed by atoms with E-state index in [2.05, 4.69) is 20.3 Å². The van der Waals surface area contributed by atoms with E-state index in [1.54, 1.807) is 11.3 Å². The Morgan fingerprint density at radius 1 is 1.48 bits per heavy atom. The topological polar surface area (TPSA) is 79.6 Å². The third kappa shape index (κ3) is 3.46. The molecule has 3 aromatic rings. The summed E-state index contributed by atoms with van der Waals surface area (Å²) in [5, 5.41) is 5.51. The third-order valence-corrected chi connectivity index (χ3v) is 4.68. The highest BCUT2D eigenvalue weighted by Crippen LogP contribution is 2.28. The molecule has 3 aromatic heterocycles. The highest BCUT2D eigenvalue weighted by Gasteiger charge is 2.19. The van der Waals surface area contributed by atoms with E-state index >= 15 is 0 Å². The lowest BCUT2D eigenvalue weighted by atomic mass is 10.1. The van der Waals surface area contributed by atoms with Gasteiger partial charge in [0.2, 0.25) is 5.28 Å². The minimum atomic E-state index is -0.366. The molecule has 0 radical (unpaired) electrons. The van der Waals surface area contributed by atoms with Crippen LogP contribution in [0.25, 0.3) is 11.0 Å². The van der Waals surface area contributed by atoms with Gasteiger partial charge in [-0.1, -0.05) is 13.0 Å². The second-order valence-corrected chi connectivity index (χ2v) is 6.66. The fourth-order valence-electron chi connectivity index (χ4n) is 2.34. The second kappa shape index (κ2) is 6.82. The fraction of sp³-hybridized carbons (Fsp3) is 0.333. The molecule has 1 atom stereocenters. The van der Waals surface area contributed by atoms with E-state index in [9.17, 15) is 4.39 Å². The zero-order valence-electron chi connectivity index (χ0n) is 12.6. The molecule has 4 N–H and O–H groups in total. The maximum Gasteiger partial charge on any atom is 0.226 e. The third-order valence-electron chi connectivity index (χ3n) is 3.64. The maximum absolute atomic E-state index is 14.7. The van der Waals surface area contributed by atoms with Gasteiger partial charge in [-0.2, -0.15) is 9.97 Å². The Bertz CT molecular complexity index is 802. The van der Waals surface area contributed by atoms with E-state index < -0.39 is 0 Å². The van der Waals surface area contributed by atoms with Crippen molar-refractivity contribution in [2.75, 3.05) is 5.32 Å². The molecule has 122 valence electrons. The first kappa shape index (κ1) is 16.2. The number of aromatic amines is 1. The van der Waals surface area contributed by atoms with Crippen molar-refractivity contribution in [2.24, 2.45) is 5.73 Å². The van der Waals surface area contributed by atoms with Gasteiger partial charge in [0.1, 0.15) is 11.5 Å². The van der Waals surface area contributed by atoms with Gasteiger partial charge in [0.05, 0.1) is 17.6 Å². The van der Waals surface area contributed by atoms with Crippen LogP contribution in [0.2, 0.25) is 5.28 Å². The van der Waals surface area contributed by atoms with Crippen molar-refractivity contribution in [1.82, 2.24) is 15.0 Å². The average molecular weight is 354 g/mol. The van der Waals surface area contributed by atoms with Gasteiger partial charge in [-0.3, -0.25) is 0 Å². The van der Waals surface area contributed by atoms with Gasteiger partial charge in [-0.25, -0.2) is 4.39 Å². The molecule has 0 saturated heterocycles. The SMILES string of the molecule is CC[C@H](N)Cc1[nH]c2nc(Cl)nc(NCc3cccs3)c2c1F. The standard InChI is InChI=1S/C15H17ClFN5S/c1-2-8(18)6-10-12(17)11-13(19-7-9-4-3-5-23-9)21-15(16)22-14(11)20-10/h3-5,8H,2,6-7,18H2,1H3,(H2,19,20,21,22)/t8-/m0/s1. The molecule has 3 heterocycles. The molecule has 0 saturated carbocycles. The first-order valence-electron chi connectivity index (χ1n) is 7.34. The number of nitrogens with two attached hydrogens (primary N) is 1. The minimum Gasteiger partial charge on any atom is -0.364 e. The molecular formula is C15H17ClFN5S. The van der Waals surface area contributed by atoms with Gasteiger partial charge in [-0.05, 0) is 29.5 Å². The van der Waals surface area contributed by atoms with Crippen molar-refractivity contribution < 1.29 is 4.39 Å². The molecule has 23 heavy (non-hydrogen) atoms. The quantitative estimate of drug-likeness (QED) is 0.590. The molecule has 0 fully saturated rings. The molecule has 0 aliphatic carbocycles. The molecule has 0 spiro atoms. The zero-order valence-corrected chi connectivity index (χ0v) is 14.1. The summed E-state index contributed by atoms with van der Waals surface area (Å²) in [6.45, 7) is 2.52. The molecule has 8 heteroatoms. The van der Waals surface area contributed by atoms with E-state index in [1.807, 2.05) is 24.4 Å². The minimum absolute atomic E-state index is 0.0683. The summed E-state index contributed by atoms with van der Waals surface area (Å²) in [6.07, 6.45) is 1.19. The molecule has 0 bridgehead atoms. The Hall–Kier alpha value is -1.70. The number of nitrogens with zero attached hydrogens (tertiary/aromatic N) is 2. The smallest absolute Gasteiger partial charge is 0.226 e. The van der Waals surface area contributed by atoms with Crippen LogP contribution < -0.4 is 11.1 Å². The van der Waals surface area contributed by atoms with Gasteiger partial charge in [0.25, 0.3) is 0 Å². The second-order valence-electron chi connectivity index (χ2n) is 5.29. The Kier molecular flexibility index (Phi) is 4.79. The number of nitrogens with one attached hydrogen (secondary N) is 2. The summed E-state index contributed by atoms with van der Waals surface area (Å²) >= 11 is 7.57. The van der Waals surface area contributed by atoms with Crippen LogP contribution in [0.5, 0.6) is 0 Å². The van der Waals surface area contributed by atoms with Crippen LogP contribution in [0, 0.1) is 5.82 Å². The normalized spacial score (nSPS) is 12.7. The van der Waals surface area contributed by atoms with Crippen LogP contribution in [0.1, 0.15) is 23.9 Å². The van der Waals surface area contributed by atoms with Crippen LogP contribution >= 0.6 is 22.9 Å². The highest BCUT2D eigenvalue weighted by atomic mass is 35.5. The number of hydrogen-bond donors (Lipinski definition) is 3. The van der Waals surface area contributed by atoms with Crippen molar-refractivity contribution >= 4 is 39.8 Å². The Morgan fingerprint density at radius 3 is 3.00 bits per heavy atom. The average Bonchev–Trinajstić information content (AvgIpc) is 3.14. The Labute approximate surface area is 142 Å². The first-order valence-corrected chi connectivity index (χ1v) is 8.59. The monoisotopic (exact) mass is 353 g/mol. The van der Waals surface area contributed by atoms with Crippen LogP contribution in [-0.4, -0.2) is 21.0 Å². The maximum atomic E-state index is 14.7. The van der Waals surface area contributed by atoms with Crippen molar-refractivity contribution in [1.29, 1.82) is 0 Å². The number of rotatable bonds is 6. The van der Waals surface area contributed by atoms with E-state index in [1.165, 1.54) is 0 Å². The lowest BCUT2D eigenvalue weighted by Gasteiger charge is -2.07. The number of H-pyrrole nitrogens is 1. The van der Waals surface area contributed by atoms with E-state index in [4.69, 9.17) is 17.3 Å². The molecule has 0 aromatic carbocycles. The number of aromatic nitrogens is 3. The Balaban J connectivity index is 1.96.